The lowest BCUT2D eigenvalue weighted by atomic mass is 9.99. The van der Waals surface area contributed by atoms with E-state index in [1.165, 1.54) is 31.2 Å². The second kappa shape index (κ2) is 7.98. The van der Waals surface area contributed by atoms with E-state index in [4.69, 9.17) is 10.7 Å². The lowest BCUT2D eigenvalue weighted by molar-refractivity contribution is -0.137. The molecule has 4 rings (SSSR count). The molecule has 3 aromatic rings. The number of hydrogen-bond acceptors (Lipinski definition) is 4. The molecule has 0 atom stereocenters. The van der Waals surface area contributed by atoms with Crippen LogP contribution in [0.25, 0.3) is 11.3 Å². The first-order valence-electron chi connectivity index (χ1n) is 10.2. The molecule has 1 aliphatic heterocycles. The maximum absolute atomic E-state index is 15.1. The van der Waals surface area contributed by atoms with Crippen LogP contribution in [0.2, 0.25) is 0 Å². The van der Waals surface area contributed by atoms with Crippen molar-refractivity contribution in [2.45, 2.75) is 32.9 Å². The predicted octanol–water partition coefficient (Wildman–Crippen LogP) is 4.06. The van der Waals surface area contributed by atoms with Crippen molar-refractivity contribution in [3.05, 3.63) is 65.2 Å². The Morgan fingerprint density at radius 3 is 2.47 bits per heavy atom. The Labute approximate surface area is 183 Å². The number of amides is 1. The standard InChI is InChI=1S/C23H24F3N5O/c1-13-17(25)9-8-16(19(13)26)20-21(28-15-6-4-14(24)5-7-15)30-10-11-31(18(32)12-27)23(2,3)22(30)29-20/h4-9,28H,10-12,27H2,1-3H3. The van der Waals surface area contributed by atoms with Crippen molar-refractivity contribution in [2.75, 3.05) is 18.4 Å². The topological polar surface area (TPSA) is 76.2 Å². The molecule has 0 unspecified atom stereocenters. The largest absolute Gasteiger partial charge is 0.340 e. The van der Waals surface area contributed by atoms with E-state index in [2.05, 4.69) is 5.32 Å². The van der Waals surface area contributed by atoms with E-state index in [-0.39, 0.29) is 35.1 Å². The quantitative estimate of drug-likeness (QED) is 0.638. The van der Waals surface area contributed by atoms with Crippen LogP contribution in [0.1, 0.15) is 25.2 Å². The van der Waals surface area contributed by atoms with Gasteiger partial charge in [0.05, 0.1) is 12.1 Å². The summed E-state index contributed by atoms with van der Waals surface area (Å²) in [4.78, 5) is 18.8. The molecule has 0 radical (unpaired) electrons. The van der Waals surface area contributed by atoms with E-state index in [0.717, 1.165) is 0 Å². The predicted molar refractivity (Wildman–Crippen MR) is 116 cm³/mol. The van der Waals surface area contributed by atoms with Gasteiger partial charge in [0, 0.05) is 29.9 Å². The van der Waals surface area contributed by atoms with Gasteiger partial charge in [-0.15, -0.1) is 0 Å². The molecule has 168 valence electrons. The number of benzene rings is 2. The number of hydrogen-bond donors (Lipinski definition) is 2. The first-order valence-corrected chi connectivity index (χ1v) is 10.2. The van der Waals surface area contributed by atoms with Crippen LogP contribution in [0, 0.1) is 24.4 Å². The highest BCUT2D eigenvalue weighted by Gasteiger charge is 2.41. The lowest BCUT2D eigenvalue weighted by Crippen LogP contribution is -2.53. The zero-order valence-electron chi connectivity index (χ0n) is 18.0. The number of halogens is 3. The van der Waals surface area contributed by atoms with Crippen LogP contribution in [0.5, 0.6) is 0 Å². The highest BCUT2D eigenvalue weighted by Crippen LogP contribution is 2.40. The summed E-state index contributed by atoms with van der Waals surface area (Å²) in [6, 6.07) is 8.28. The molecule has 0 fully saturated rings. The van der Waals surface area contributed by atoms with Gasteiger partial charge < -0.3 is 20.5 Å². The highest BCUT2D eigenvalue weighted by molar-refractivity contribution is 5.81. The summed E-state index contributed by atoms with van der Waals surface area (Å²) in [5.41, 5.74) is 5.64. The Balaban J connectivity index is 1.92. The smallest absolute Gasteiger partial charge is 0.237 e. The minimum absolute atomic E-state index is 0.111. The third-order valence-corrected chi connectivity index (χ3v) is 5.89. The van der Waals surface area contributed by atoms with Gasteiger partial charge in [-0.25, -0.2) is 18.2 Å². The monoisotopic (exact) mass is 443 g/mol. The van der Waals surface area contributed by atoms with Crippen LogP contribution in [0.15, 0.2) is 36.4 Å². The van der Waals surface area contributed by atoms with Crippen LogP contribution in [0.4, 0.5) is 24.7 Å². The van der Waals surface area contributed by atoms with Crippen molar-refractivity contribution in [2.24, 2.45) is 5.73 Å². The van der Waals surface area contributed by atoms with Crippen LogP contribution >= 0.6 is 0 Å². The summed E-state index contributed by atoms with van der Waals surface area (Å²) in [5, 5.41) is 3.21. The fourth-order valence-electron chi connectivity index (χ4n) is 4.11. The molecule has 9 heteroatoms. The Kier molecular flexibility index (Phi) is 5.46. The SMILES string of the molecule is Cc1c(F)ccc(-c2nc3n(c2Nc2ccc(F)cc2)CCN(C(=O)CN)C3(C)C)c1F. The lowest BCUT2D eigenvalue weighted by Gasteiger charge is -2.42. The Hall–Kier alpha value is -3.33. The first-order chi connectivity index (χ1) is 15.1. The zero-order chi connectivity index (χ0) is 23.2. The number of carbonyl (C=O) groups excluding carboxylic acids is 1. The second-order valence-electron chi connectivity index (χ2n) is 8.26. The van der Waals surface area contributed by atoms with Gasteiger partial charge in [-0.1, -0.05) is 0 Å². The molecule has 6 nitrogen and oxygen atoms in total. The molecule has 2 heterocycles. The molecule has 0 aliphatic carbocycles. The van der Waals surface area contributed by atoms with E-state index in [0.29, 0.717) is 30.4 Å². The maximum Gasteiger partial charge on any atom is 0.237 e. The minimum Gasteiger partial charge on any atom is -0.340 e. The van der Waals surface area contributed by atoms with Crippen molar-refractivity contribution in [1.82, 2.24) is 14.5 Å². The summed E-state index contributed by atoms with van der Waals surface area (Å²) in [5.74, 6) is -0.958. The third-order valence-electron chi connectivity index (χ3n) is 5.89. The van der Waals surface area contributed by atoms with Crippen molar-refractivity contribution >= 4 is 17.4 Å². The van der Waals surface area contributed by atoms with Crippen molar-refractivity contribution in [3.63, 3.8) is 0 Å². The molecule has 32 heavy (non-hydrogen) atoms. The molecule has 1 aliphatic rings. The molecule has 1 amide bonds. The number of fused-ring (bicyclic) bond motifs is 1. The van der Waals surface area contributed by atoms with Crippen LogP contribution < -0.4 is 11.1 Å². The van der Waals surface area contributed by atoms with Crippen molar-refractivity contribution in [3.8, 4) is 11.3 Å². The number of nitrogens with two attached hydrogens (primary N) is 1. The fraction of sp³-hybridized carbons (Fsp3) is 0.304. The van der Waals surface area contributed by atoms with E-state index in [1.807, 2.05) is 18.4 Å². The van der Waals surface area contributed by atoms with Gasteiger partial charge in [0.2, 0.25) is 5.91 Å². The molecule has 0 bridgehead atoms. The van der Waals surface area contributed by atoms with Crippen LogP contribution in [-0.4, -0.2) is 33.4 Å². The van der Waals surface area contributed by atoms with Crippen LogP contribution in [0.3, 0.4) is 0 Å². The van der Waals surface area contributed by atoms with Gasteiger partial charge in [0.15, 0.2) is 0 Å². The minimum atomic E-state index is -0.822. The number of rotatable bonds is 4. The molecule has 0 spiro atoms. The number of carbonyl (C=O) groups is 1. The molecular formula is C23H24F3N5O. The molecule has 3 N–H and O–H groups in total. The molecule has 2 aromatic carbocycles. The van der Waals surface area contributed by atoms with Crippen LogP contribution in [-0.2, 0) is 16.9 Å². The van der Waals surface area contributed by atoms with Gasteiger partial charge in [0.25, 0.3) is 0 Å². The Morgan fingerprint density at radius 1 is 1.12 bits per heavy atom. The van der Waals surface area contributed by atoms with E-state index < -0.39 is 17.2 Å². The average Bonchev–Trinajstić information content (AvgIpc) is 3.13. The Morgan fingerprint density at radius 2 is 1.81 bits per heavy atom. The van der Waals surface area contributed by atoms with Gasteiger partial charge >= 0.3 is 0 Å². The summed E-state index contributed by atoms with van der Waals surface area (Å²) in [6.45, 7) is 5.69. The van der Waals surface area contributed by atoms with E-state index >= 15 is 4.39 Å². The van der Waals surface area contributed by atoms with Crippen molar-refractivity contribution in [1.29, 1.82) is 0 Å². The van der Waals surface area contributed by atoms with Gasteiger partial charge in [0.1, 0.15) is 34.8 Å². The summed E-state index contributed by atoms with van der Waals surface area (Å²) >= 11 is 0. The summed E-state index contributed by atoms with van der Waals surface area (Å²) in [7, 11) is 0. The number of nitrogens with one attached hydrogen (secondary N) is 1. The number of nitrogens with zero attached hydrogens (tertiary/aromatic N) is 3. The molecule has 1 aromatic heterocycles. The number of imidazole rings is 1. The number of anilines is 2. The van der Waals surface area contributed by atoms with Gasteiger partial charge in [-0.2, -0.15) is 0 Å². The van der Waals surface area contributed by atoms with Gasteiger partial charge in [-0.3, -0.25) is 4.79 Å². The summed E-state index contributed by atoms with van der Waals surface area (Å²) < 4.78 is 44.3. The highest BCUT2D eigenvalue weighted by atomic mass is 19.1. The first kappa shape index (κ1) is 21.9. The normalized spacial score (nSPS) is 14.9. The molecule has 0 saturated carbocycles. The maximum atomic E-state index is 15.1. The average molecular weight is 443 g/mol. The molecular weight excluding hydrogens is 419 g/mol. The molecule has 0 saturated heterocycles. The van der Waals surface area contributed by atoms with Crippen molar-refractivity contribution < 1.29 is 18.0 Å². The third kappa shape index (κ3) is 3.52. The number of aromatic nitrogens is 2. The Bertz CT molecular complexity index is 1190. The second-order valence-corrected chi connectivity index (χ2v) is 8.26. The van der Waals surface area contributed by atoms with E-state index in [1.54, 1.807) is 17.0 Å². The van der Waals surface area contributed by atoms with E-state index in [9.17, 15) is 13.6 Å². The fourth-order valence-corrected chi connectivity index (χ4v) is 4.11. The van der Waals surface area contributed by atoms with Gasteiger partial charge in [-0.05, 0) is 57.2 Å². The summed E-state index contributed by atoms with van der Waals surface area (Å²) in [6.07, 6.45) is 0. The zero-order valence-corrected chi connectivity index (χ0v) is 18.0.